The molecule has 0 atom stereocenters. The largest absolute Gasteiger partial charge is 0.454 e. The average molecular weight is 1050 g/mol. The molecule has 4 nitrogen and oxygen atoms in total. The van der Waals surface area contributed by atoms with Crippen LogP contribution in [0.2, 0.25) is 39.3 Å². The fourth-order valence-corrected chi connectivity index (χ4v) is 17.2. The smallest absolute Gasteiger partial charge is 0.159 e. The Balaban J connectivity index is 1.08. The Kier molecular flexibility index (Phi) is 10.9. The first-order valence-corrected chi connectivity index (χ1v) is 35.8. The van der Waals surface area contributed by atoms with E-state index in [1.807, 2.05) is 0 Å². The molecule has 6 heteroatoms. The summed E-state index contributed by atoms with van der Waals surface area (Å²) in [7, 11) is -3.36. The van der Waals surface area contributed by atoms with Gasteiger partial charge in [-0.2, -0.15) is 0 Å². The Labute approximate surface area is 459 Å². The Bertz CT molecular complexity index is 4500. The van der Waals surface area contributed by atoms with E-state index in [0.29, 0.717) is 11.8 Å². The minimum atomic E-state index is -1.76. The number of rotatable bonds is 10. The molecule has 2 aliphatic carbocycles. The van der Waals surface area contributed by atoms with Crippen molar-refractivity contribution in [3.05, 3.63) is 193 Å². The van der Waals surface area contributed by atoms with E-state index < -0.39 is 16.1 Å². The molecule has 0 amide bonds. The van der Waals surface area contributed by atoms with Gasteiger partial charge in [0.05, 0.1) is 44.6 Å². The molecular formula is C72H66N2O2Si2. The molecule has 2 aromatic heterocycles. The molecule has 0 unspecified atom stereocenters. The van der Waals surface area contributed by atoms with Crippen molar-refractivity contribution in [3.8, 4) is 0 Å². The van der Waals surface area contributed by atoms with Gasteiger partial charge in [0.25, 0.3) is 0 Å². The standard InChI is InChI=1S/C72H66N2O2Si2/c1-77(2,3)48-35-33-47(34-36-48)73(62-29-17-27-55-50-24-13-15-31-66(50)75-71(55)62)64-43-59(45-19-7-8-20-45)53-38-40-58-65(44-60(46-21-9-10-22-46)54-37-39-57(64)69(53)70(54)58)74(61-41-42-68(78(4,5)6)52-26-12-11-23-49(52)61)63-30-18-28-56-51-25-14-16-32-67(51)76-72(56)63/h11-18,23-46H,7-10,19-22H2,1-6H3. The highest BCUT2D eigenvalue weighted by Gasteiger charge is 2.33. The second kappa shape index (κ2) is 18.0. The molecule has 0 N–H and O–H groups in total. The van der Waals surface area contributed by atoms with Crippen LogP contribution in [-0.4, -0.2) is 16.1 Å². The normalized spacial score (nSPS) is 15.1. The maximum Gasteiger partial charge on any atom is 0.159 e. The van der Waals surface area contributed by atoms with Crippen LogP contribution in [0.4, 0.5) is 34.1 Å². The van der Waals surface area contributed by atoms with Gasteiger partial charge < -0.3 is 18.6 Å². The van der Waals surface area contributed by atoms with Crippen molar-refractivity contribution in [2.75, 3.05) is 9.80 Å². The Morgan fingerprint density at radius 2 is 0.795 bits per heavy atom. The lowest BCUT2D eigenvalue weighted by Crippen LogP contribution is -2.38. The van der Waals surface area contributed by atoms with E-state index in [4.69, 9.17) is 8.83 Å². The van der Waals surface area contributed by atoms with Crippen LogP contribution in [0.1, 0.15) is 74.3 Å². The van der Waals surface area contributed by atoms with Crippen LogP contribution in [0.15, 0.2) is 191 Å². The minimum absolute atomic E-state index is 0.448. The van der Waals surface area contributed by atoms with Gasteiger partial charge in [0.2, 0.25) is 0 Å². The zero-order valence-electron chi connectivity index (χ0n) is 45.8. The molecule has 0 aliphatic heterocycles. The molecule has 384 valence electrons. The first-order chi connectivity index (χ1) is 38.0. The summed E-state index contributed by atoms with van der Waals surface area (Å²) < 4.78 is 14.1. The fraction of sp³-hybridized carbons (Fsp3) is 0.222. The highest BCUT2D eigenvalue weighted by atomic mass is 28.3. The molecular weight excluding hydrogens is 981 g/mol. The lowest BCUT2D eigenvalue weighted by Gasteiger charge is -2.33. The molecule has 0 bridgehead atoms. The quantitative estimate of drug-likeness (QED) is 0.101. The number of furan rings is 2. The average Bonchev–Trinajstić information content (AvgIpc) is 4.43. The van der Waals surface area contributed by atoms with Crippen molar-refractivity contribution >= 4 is 148 Å². The number of hydrogen-bond acceptors (Lipinski definition) is 4. The van der Waals surface area contributed by atoms with E-state index in [1.165, 1.54) is 133 Å². The zero-order chi connectivity index (χ0) is 52.6. The van der Waals surface area contributed by atoms with Gasteiger partial charge in [-0.15, -0.1) is 0 Å². The van der Waals surface area contributed by atoms with Crippen LogP contribution in [0.5, 0.6) is 0 Å². The monoisotopic (exact) mass is 1050 g/mol. The first kappa shape index (κ1) is 47.6. The summed E-state index contributed by atoms with van der Waals surface area (Å²) in [5.74, 6) is 0.905. The van der Waals surface area contributed by atoms with Gasteiger partial charge in [0, 0.05) is 43.4 Å². The SMILES string of the molecule is C[Si](C)(C)c1ccc(N(c2cc(C3CCCC3)c3ccc4c(N(c5ccc([Si](C)(C)C)c6ccccc56)c5cccc6c5oc5ccccc56)cc(C5CCCC5)c5ccc2c3c54)c2cccc3c2oc2ccccc23)cc1. The van der Waals surface area contributed by atoms with Crippen LogP contribution in [0.3, 0.4) is 0 Å². The van der Waals surface area contributed by atoms with Crippen molar-refractivity contribution in [3.63, 3.8) is 0 Å². The number of fused-ring (bicyclic) bond motifs is 7. The third kappa shape index (κ3) is 7.43. The third-order valence-corrected chi connectivity index (χ3v) is 22.3. The number of para-hydroxylation sites is 4. The summed E-state index contributed by atoms with van der Waals surface area (Å²) in [6, 6.07) is 69.5. The molecule has 11 aromatic carbocycles. The van der Waals surface area contributed by atoms with Gasteiger partial charge in [0.1, 0.15) is 11.2 Å². The second-order valence-corrected chi connectivity index (χ2v) is 35.0. The number of benzene rings is 11. The number of nitrogens with zero attached hydrogens (tertiary/aromatic N) is 2. The van der Waals surface area contributed by atoms with Gasteiger partial charge in [0.15, 0.2) is 11.2 Å². The van der Waals surface area contributed by atoms with Gasteiger partial charge in [-0.3, -0.25) is 0 Å². The summed E-state index contributed by atoms with van der Waals surface area (Å²) in [5, 5.41) is 18.1. The first-order valence-electron chi connectivity index (χ1n) is 28.8. The fourth-order valence-electron chi connectivity index (χ4n) is 14.4. The summed E-state index contributed by atoms with van der Waals surface area (Å²) in [6.45, 7) is 14.8. The van der Waals surface area contributed by atoms with Crippen molar-refractivity contribution < 1.29 is 8.83 Å². The van der Waals surface area contributed by atoms with Crippen molar-refractivity contribution in [2.24, 2.45) is 0 Å². The van der Waals surface area contributed by atoms with Crippen molar-refractivity contribution in [1.82, 2.24) is 0 Å². The Hall–Kier alpha value is -7.65. The topological polar surface area (TPSA) is 32.8 Å². The van der Waals surface area contributed by atoms with E-state index in [-0.39, 0.29) is 0 Å². The molecule has 78 heavy (non-hydrogen) atoms. The van der Waals surface area contributed by atoms with E-state index in [0.717, 1.165) is 60.9 Å². The maximum atomic E-state index is 7.08. The molecule has 0 saturated heterocycles. The summed E-state index contributed by atoms with van der Waals surface area (Å²) in [4.78, 5) is 5.17. The van der Waals surface area contributed by atoms with Gasteiger partial charge in [-0.1, -0.05) is 203 Å². The maximum absolute atomic E-state index is 7.08. The van der Waals surface area contributed by atoms with E-state index >= 15 is 0 Å². The molecule has 2 fully saturated rings. The van der Waals surface area contributed by atoms with Gasteiger partial charge in [-0.05, 0) is 130 Å². The van der Waals surface area contributed by atoms with Crippen LogP contribution in [0.25, 0.3) is 87.0 Å². The number of hydrogen-bond donors (Lipinski definition) is 0. The highest BCUT2D eigenvalue weighted by Crippen LogP contribution is 2.55. The second-order valence-electron chi connectivity index (χ2n) is 24.9. The van der Waals surface area contributed by atoms with E-state index in [2.05, 4.69) is 231 Å². The molecule has 0 radical (unpaired) electrons. The molecule has 2 aliphatic rings. The highest BCUT2D eigenvalue weighted by molar-refractivity contribution is 6.90. The van der Waals surface area contributed by atoms with Gasteiger partial charge >= 0.3 is 0 Å². The summed E-state index contributed by atoms with van der Waals surface area (Å²) >= 11 is 0. The Morgan fingerprint density at radius 3 is 1.31 bits per heavy atom. The van der Waals surface area contributed by atoms with Crippen LogP contribution in [0, 0.1) is 0 Å². The van der Waals surface area contributed by atoms with E-state index in [1.54, 1.807) is 0 Å². The predicted molar refractivity (Wildman–Crippen MR) is 340 cm³/mol. The third-order valence-electron chi connectivity index (χ3n) is 18.2. The Morgan fingerprint density at radius 1 is 0.346 bits per heavy atom. The lowest BCUT2D eigenvalue weighted by molar-refractivity contribution is 0.668. The molecule has 13 aromatic rings. The van der Waals surface area contributed by atoms with E-state index in [9.17, 15) is 0 Å². The molecule has 0 spiro atoms. The van der Waals surface area contributed by atoms with Crippen molar-refractivity contribution in [1.29, 1.82) is 0 Å². The lowest BCUT2D eigenvalue weighted by atomic mass is 9.82. The minimum Gasteiger partial charge on any atom is -0.454 e. The van der Waals surface area contributed by atoms with Crippen LogP contribution < -0.4 is 20.2 Å². The molecule has 15 rings (SSSR count). The van der Waals surface area contributed by atoms with Crippen molar-refractivity contribution in [2.45, 2.75) is 102 Å². The predicted octanol–water partition coefficient (Wildman–Crippen LogP) is 20.9. The summed E-state index contributed by atoms with van der Waals surface area (Å²) in [6.07, 6.45) is 9.79. The van der Waals surface area contributed by atoms with Gasteiger partial charge in [-0.25, -0.2) is 0 Å². The molecule has 2 saturated carbocycles. The number of anilines is 6. The zero-order valence-corrected chi connectivity index (χ0v) is 47.8. The summed E-state index contributed by atoms with van der Waals surface area (Å²) in [5.41, 5.74) is 13.4. The van der Waals surface area contributed by atoms with Crippen LogP contribution >= 0.6 is 0 Å². The van der Waals surface area contributed by atoms with Crippen LogP contribution in [-0.2, 0) is 0 Å². The molecule has 2 heterocycles.